The molecule has 0 aliphatic heterocycles. The van der Waals surface area contributed by atoms with E-state index >= 15 is 0 Å². The van der Waals surface area contributed by atoms with E-state index in [1.54, 1.807) is 0 Å². The predicted octanol–water partition coefficient (Wildman–Crippen LogP) is 4.55. The maximum Gasteiger partial charge on any atom is 0.131 e. The maximum atomic E-state index is 12.7. The van der Waals surface area contributed by atoms with Crippen LogP contribution in [0.15, 0.2) is 48.5 Å². The summed E-state index contributed by atoms with van der Waals surface area (Å²) in [6.07, 6.45) is 0. The minimum absolute atomic E-state index is 0.240. The van der Waals surface area contributed by atoms with Crippen molar-refractivity contribution in [1.29, 1.82) is 0 Å². The van der Waals surface area contributed by atoms with E-state index in [2.05, 4.69) is 0 Å². The largest absolute Gasteiger partial charge is 0.488 e. The lowest BCUT2D eigenvalue weighted by molar-refractivity contribution is 0.130. The monoisotopic (exact) mass is 346 g/mol. The van der Waals surface area contributed by atoms with Gasteiger partial charge < -0.3 is 14.0 Å². The van der Waals surface area contributed by atoms with Gasteiger partial charge in [-0.3, -0.25) is 0 Å². The van der Waals surface area contributed by atoms with Crippen molar-refractivity contribution in [1.82, 2.24) is 0 Å². The molecule has 0 atom stereocenters. The normalized spacial score (nSPS) is 12.3. The zero-order chi connectivity index (χ0) is 18.0. The fraction of sp³-hybridized carbons (Fsp3) is 0.400. The van der Waals surface area contributed by atoms with Crippen molar-refractivity contribution in [2.24, 2.45) is 0 Å². The first-order valence-electron chi connectivity index (χ1n) is 8.16. The van der Waals surface area contributed by atoms with Crippen LogP contribution in [0.4, 0.5) is 0 Å². The summed E-state index contributed by atoms with van der Waals surface area (Å²) in [7, 11) is -2.03. The Kier molecular flexibility index (Phi) is 5.45. The molecule has 130 valence electrons. The number of benzene rings is 2. The molecule has 24 heavy (non-hydrogen) atoms. The van der Waals surface area contributed by atoms with Crippen molar-refractivity contribution in [3.63, 3.8) is 0 Å². The van der Waals surface area contributed by atoms with Gasteiger partial charge >= 0.3 is 0 Å². The lowest BCUT2D eigenvalue weighted by atomic mass is 10.2. The third-order valence-electron chi connectivity index (χ3n) is 3.08. The van der Waals surface area contributed by atoms with Gasteiger partial charge in [-0.1, -0.05) is 0 Å². The van der Waals surface area contributed by atoms with Gasteiger partial charge in [0.25, 0.3) is 0 Å². The lowest BCUT2D eigenvalue weighted by Gasteiger charge is -2.21. The molecular weight excluding hydrogens is 319 g/mol. The first kappa shape index (κ1) is 18.6. The molecule has 0 bridgehead atoms. The molecule has 0 heterocycles. The van der Waals surface area contributed by atoms with Crippen LogP contribution in [0.25, 0.3) is 0 Å². The second kappa shape index (κ2) is 7.03. The van der Waals surface area contributed by atoms with Gasteiger partial charge in [0.1, 0.15) is 30.5 Å². The first-order chi connectivity index (χ1) is 11.0. The summed E-state index contributed by atoms with van der Waals surface area (Å²) in [5.41, 5.74) is -0.481. The molecule has 0 saturated heterocycles. The van der Waals surface area contributed by atoms with Crippen molar-refractivity contribution >= 4 is 18.4 Å². The second-order valence-corrected chi connectivity index (χ2v) is 9.62. The Morgan fingerprint density at radius 1 is 0.625 bits per heavy atom. The van der Waals surface area contributed by atoms with E-state index in [4.69, 9.17) is 9.47 Å². The molecule has 0 spiro atoms. The molecular formula is C20H27O3P. The average Bonchev–Trinajstić information content (AvgIpc) is 2.45. The van der Waals surface area contributed by atoms with Gasteiger partial charge in [-0.05, 0) is 90.1 Å². The summed E-state index contributed by atoms with van der Waals surface area (Å²) in [5.74, 6) is 1.57. The predicted molar refractivity (Wildman–Crippen MR) is 102 cm³/mol. The molecule has 0 aliphatic rings. The second-order valence-electron chi connectivity index (χ2n) is 7.81. The summed E-state index contributed by atoms with van der Waals surface area (Å²) in [4.78, 5) is 0. The fourth-order valence-corrected chi connectivity index (χ4v) is 3.49. The molecule has 0 unspecified atom stereocenters. The highest BCUT2D eigenvalue weighted by atomic mass is 31.1. The Balaban J connectivity index is 2.11. The van der Waals surface area contributed by atoms with Crippen LogP contribution in [0.2, 0.25) is 0 Å². The summed E-state index contributed by atoms with van der Waals surface area (Å²) in [6.45, 7) is 12.0. The first-order valence-corrected chi connectivity index (χ1v) is 9.57. The van der Waals surface area contributed by atoms with E-state index in [9.17, 15) is 4.57 Å². The SMILES string of the molecule is CC(C)(C)Oc1ccc([PH](=O)c2ccc(OC(C)(C)C)cc2)cc1. The minimum atomic E-state index is -2.03. The third kappa shape index (κ3) is 5.72. The maximum absolute atomic E-state index is 12.7. The molecule has 0 radical (unpaired) electrons. The number of hydrogen-bond donors (Lipinski definition) is 0. The molecule has 0 fully saturated rings. The van der Waals surface area contributed by atoms with Gasteiger partial charge in [0.15, 0.2) is 0 Å². The molecule has 3 nitrogen and oxygen atoms in total. The molecule has 0 aliphatic carbocycles. The van der Waals surface area contributed by atoms with E-state index in [0.29, 0.717) is 0 Å². The van der Waals surface area contributed by atoms with Gasteiger partial charge in [0.2, 0.25) is 0 Å². The zero-order valence-corrected chi connectivity index (χ0v) is 16.3. The summed E-state index contributed by atoms with van der Waals surface area (Å²) < 4.78 is 24.3. The van der Waals surface area contributed by atoms with E-state index in [-0.39, 0.29) is 11.2 Å². The Morgan fingerprint density at radius 2 is 0.917 bits per heavy atom. The molecule has 0 aromatic heterocycles. The highest BCUT2D eigenvalue weighted by molar-refractivity contribution is 7.61. The number of hydrogen-bond acceptors (Lipinski definition) is 3. The smallest absolute Gasteiger partial charge is 0.131 e. The van der Waals surface area contributed by atoms with Gasteiger partial charge in [-0.15, -0.1) is 0 Å². The van der Waals surface area contributed by atoms with Crippen LogP contribution in [-0.2, 0) is 4.57 Å². The van der Waals surface area contributed by atoms with Crippen LogP contribution in [0.1, 0.15) is 41.5 Å². The Labute approximate surface area is 145 Å². The van der Waals surface area contributed by atoms with Gasteiger partial charge in [0.05, 0.1) is 0 Å². The topological polar surface area (TPSA) is 35.5 Å². The molecule has 0 N–H and O–H groups in total. The standard InChI is InChI=1S/C20H27O3P/c1-19(2,3)22-15-7-11-17(12-8-15)24(21)18-13-9-16(10-14-18)23-20(4,5)6/h7-14,24H,1-6H3. The van der Waals surface area contributed by atoms with Crippen LogP contribution >= 0.6 is 7.80 Å². The van der Waals surface area contributed by atoms with Crippen molar-refractivity contribution in [2.75, 3.05) is 0 Å². The van der Waals surface area contributed by atoms with E-state index < -0.39 is 7.80 Å². The van der Waals surface area contributed by atoms with Crippen molar-refractivity contribution in [3.05, 3.63) is 48.5 Å². The highest BCUT2D eigenvalue weighted by Crippen LogP contribution is 2.25. The number of ether oxygens (including phenoxy) is 2. The summed E-state index contributed by atoms with van der Waals surface area (Å²) in [6, 6.07) is 15.0. The number of rotatable bonds is 4. The Morgan fingerprint density at radius 3 is 1.17 bits per heavy atom. The van der Waals surface area contributed by atoms with Gasteiger partial charge in [-0.2, -0.15) is 0 Å². The molecule has 0 saturated carbocycles. The van der Waals surface area contributed by atoms with Gasteiger partial charge in [-0.25, -0.2) is 0 Å². The van der Waals surface area contributed by atoms with E-state index in [1.165, 1.54) is 0 Å². The Bertz CT molecular complexity index is 628. The van der Waals surface area contributed by atoms with Crippen molar-refractivity contribution in [3.8, 4) is 11.5 Å². The molecule has 4 heteroatoms. The Hall–Kier alpha value is -1.73. The van der Waals surface area contributed by atoms with Crippen molar-refractivity contribution in [2.45, 2.75) is 52.7 Å². The molecule has 0 amide bonds. The molecule has 2 rings (SSSR count). The van der Waals surface area contributed by atoms with Crippen LogP contribution in [0, 0.1) is 0 Å². The molecule has 2 aromatic carbocycles. The van der Waals surface area contributed by atoms with Crippen molar-refractivity contribution < 1.29 is 14.0 Å². The summed E-state index contributed by atoms with van der Waals surface area (Å²) >= 11 is 0. The van der Waals surface area contributed by atoms with Crippen LogP contribution < -0.4 is 20.1 Å². The average molecular weight is 346 g/mol. The quantitative estimate of drug-likeness (QED) is 0.762. The van der Waals surface area contributed by atoms with E-state index in [0.717, 1.165) is 22.1 Å². The van der Waals surface area contributed by atoms with Gasteiger partial charge in [0, 0.05) is 10.6 Å². The minimum Gasteiger partial charge on any atom is -0.488 e. The fourth-order valence-electron chi connectivity index (χ4n) is 2.22. The lowest BCUT2D eigenvalue weighted by Crippen LogP contribution is -2.23. The van der Waals surface area contributed by atoms with E-state index in [1.807, 2.05) is 90.1 Å². The zero-order valence-electron chi connectivity index (χ0n) is 15.3. The van der Waals surface area contributed by atoms with Crippen LogP contribution in [0.5, 0.6) is 11.5 Å². The summed E-state index contributed by atoms with van der Waals surface area (Å²) in [5, 5.41) is 1.65. The van der Waals surface area contributed by atoms with Crippen LogP contribution in [-0.4, -0.2) is 11.2 Å². The third-order valence-corrected chi connectivity index (χ3v) is 4.80. The highest BCUT2D eigenvalue weighted by Gasteiger charge is 2.14. The molecule has 2 aromatic rings. The van der Waals surface area contributed by atoms with Crippen LogP contribution in [0.3, 0.4) is 0 Å².